The molecule has 3 aromatic rings. The summed E-state index contributed by atoms with van der Waals surface area (Å²) in [5, 5.41) is 7.46. The zero-order valence-electron chi connectivity index (χ0n) is 17.1. The lowest BCUT2D eigenvalue weighted by atomic mass is 10.2. The van der Waals surface area contributed by atoms with E-state index in [-0.39, 0.29) is 0 Å². The molecule has 0 aliphatic heterocycles. The molecule has 0 fully saturated rings. The molecule has 0 saturated carbocycles. The lowest BCUT2D eigenvalue weighted by Crippen LogP contribution is -2.30. The number of nitrogens with one attached hydrogen (secondary N) is 1. The van der Waals surface area contributed by atoms with Crippen LogP contribution in [0.4, 0.5) is 5.69 Å². The highest BCUT2D eigenvalue weighted by Crippen LogP contribution is 2.31. The molecule has 7 nitrogen and oxygen atoms in total. The highest BCUT2D eigenvalue weighted by molar-refractivity contribution is 6.31. The monoisotopic (exact) mass is 427 g/mol. The smallest absolute Gasteiger partial charge is 0.338 e. The van der Waals surface area contributed by atoms with Crippen molar-refractivity contribution < 1.29 is 19.1 Å². The number of esters is 1. The van der Waals surface area contributed by atoms with Crippen LogP contribution in [0.25, 0.3) is 5.69 Å². The summed E-state index contributed by atoms with van der Waals surface area (Å²) in [6.45, 7) is 5.26. The summed E-state index contributed by atoms with van der Waals surface area (Å²) in [5.41, 5.74) is 3.37. The Morgan fingerprint density at radius 3 is 2.43 bits per heavy atom. The molecule has 8 heteroatoms. The normalized spacial score (nSPS) is 11.6. The van der Waals surface area contributed by atoms with Crippen LogP contribution in [0.5, 0.6) is 5.75 Å². The van der Waals surface area contributed by atoms with E-state index in [0.717, 1.165) is 16.9 Å². The number of carbonyl (C=O) groups is 2. The largest absolute Gasteiger partial charge is 0.495 e. The van der Waals surface area contributed by atoms with Crippen LogP contribution in [0.3, 0.4) is 0 Å². The third-order valence-corrected chi connectivity index (χ3v) is 4.98. The van der Waals surface area contributed by atoms with Crippen LogP contribution in [0, 0.1) is 13.8 Å². The molecule has 2 aromatic carbocycles. The van der Waals surface area contributed by atoms with E-state index in [4.69, 9.17) is 21.1 Å². The predicted octanol–water partition coefficient (Wildman–Crippen LogP) is 4.34. The first-order chi connectivity index (χ1) is 14.3. The first kappa shape index (κ1) is 21.4. The van der Waals surface area contributed by atoms with Crippen LogP contribution < -0.4 is 10.1 Å². The fourth-order valence-electron chi connectivity index (χ4n) is 2.82. The molecule has 1 aromatic heterocycles. The van der Waals surface area contributed by atoms with E-state index >= 15 is 0 Å². The van der Waals surface area contributed by atoms with Crippen molar-refractivity contribution in [1.29, 1.82) is 0 Å². The lowest BCUT2D eigenvalue weighted by Gasteiger charge is -2.16. The quantitative estimate of drug-likeness (QED) is 0.592. The molecule has 0 aliphatic rings. The highest BCUT2D eigenvalue weighted by Gasteiger charge is 2.21. The number of hydrogen-bond donors (Lipinski definition) is 1. The van der Waals surface area contributed by atoms with Gasteiger partial charge in [0.2, 0.25) is 0 Å². The minimum Gasteiger partial charge on any atom is -0.495 e. The fraction of sp³-hybridized carbons (Fsp3) is 0.227. The number of anilines is 1. The molecule has 0 bridgehead atoms. The predicted molar refractivity (Wildman–Crippen MR) is 115 cm³/mol. The Morgan fingerprint density at radius 1 is 1.13 bits per heavy atom. The molecule has 1 unspecified atom stereocenters. The Balaban J connectivity index is 1.66. The zero-order valence-corrected chi connectivity index (χ0v) is 17.9. The third kappa shape index (κ3) is 4.63. The van der Waals surface area contributed by atoms with Crippen LogP contribution in [0.2, 0.25) is 5.02 Å². The van der Waals surface area contributed by atoms with Gasteiger partial charge in [0.05, 0.1) is 24.0 Å². The first-order valence-electron chi connectivity index (χ1n) is 9.27. The number of methoxy groups -OCH3 is 1. The summed E-state index contributed by atoms with van der Waals surface area (Å²) < 4.78 is 12.3. The summed E-state index contributed by atoms with van der Waals surface area (Å²) >= 11 is 6.09. The number of amides is 1. The minimum absolute atomic E-state index is 0.336. The van der Waals surface area contributed by atoms with Gasteiger partial charge in [0.25, 0.3) is 5.91 Å². The van der Waals surface area contributed by atoms with Crippen molar-refractivity contribution >= 4 is 29.2 Å². The number of benzene rings is 2. The number of aromatic nitrogens is 2. The number of hydrogen-bond acceptors (Lipinski definition) is 5. The van der Waals surface area contributed by atoms with Gasteiger partial charge in [0, 0.05) is 23.0 Å². The van der Waals surface area contributed by atoms with E-state index in [9.17, 15) is 9.59 Å². The van der Waals surface area contributed by atoms with Crippen molar-refractivity contribution in [2.45, 2.75) is 26.9 Å². The second-order valence-electron chi connectivity index (χ2n) is 6.77. The summed E-state index contributed by atoms with van der Waals surface area (Å²) in [6, 6.07) is 12.0. The van der Waals surface area contributed by atoms with Crippen LogP contribution in [0.1, 0.15) is 28.5 Å². The number of rotatable bonds is 6. The average Bonchev–Trinajstić information content (AvgIpc) is 3.16. The molecule has 1 atom stereocenters. The number of carbonyl (C=O) groups excluding carboxylic acids is 2. The van der Waals surface area contributed by atoms with Gasteiger partial charge in [0.15, 0.2) is 6.10 Å². The molecular weight excluding hydrogens is 406 g/mol. The second-order valence-corrected chi connectivity index (χ2v) is 7.18. The first-order valence-corrected chi connectivity index (χ1v) is 9.65. The lowest BCUT2D eigenvalue weighted by molar-refractivity contribution is -0.123. The maximum Gasteiger partial charge on any atom is 0.338 e. The molecular formula is C22H22ClN3O4. The van der Waals surface area contributed by atoms with E-state index < -0.39 is 18.0 Å². The topological polar surface area (TPSA) is 82.5 Å². The van der Waals surface area contributed by atoms with Gasteiger partial charge in [-0.3, -0.25) is 4.79 Å². The van der Waals surface area contributed by atoms with Crippen LogP contribution in [0.15, 0.2) is 48.7 Å². The SMILES string of the molecule is COc1cc(Cl)c(C)cc1NC(=O)C(C)OC(=O)c1ccc(-n2nccc2C)cc1. The standard InChI is InChI=1S/C22H22ClN3O4/c1-13-11-19(20(29-4)12-18(13)23)25-21(27)15(3)30-22(28)16-5-7-17(8-6-16)26-14(2)9-10-24-26/h5-12,15H,1-4H3,(H,25,27). The Bertz CT molecular complexity index is 1080. The van der Waals surface area contributed by atoms with Gasteiger partial charge in [-0.2, -0.15) is 5.10 Å². The molecule has 0 spiro atoms. The molecule has 1 heterocycles. The Labute approximate surface area is 179 Å². The van der Waals surface area contributed by atoms with Crippen molar-refractivity contribution in [3.05, 3.63) is 70.5 Å². The van der Waals surface area contributed by atoms with Crippen molar-refractivity contribution in [1.82, 2.24) is 9.78 Å². The molecule has 1 amide bonds. The third-order valence-electron chi connectivity index (χ3n) is 4.57. The second kappa shape index (κ2) is 9.00. The molecule has 0 aliphatic carbocycles. The Morgan fingerprint density at radius 2 is 1.83 bits per heavy atom. The van der Waals surface area contributed by atoms with Crippen molar-refractivity contribution in [2.24, 2.45) is 0 Å². The fourth-order valence-corrected chi connectivity index (χ4v) is 2.98. The maximum absolute atomic E-state index is 12.5. The van der Waals surface area contributed by atoms with Gasteiger partial charge >= 0.3 is 5.97 Å². The number of halogens is 1. The molecule has 0 saturated heterocycles. The van der Waals surface area contributed by atoms with E-state index in [1.165, 1.54) is 14.0 Å². The van der Waals surface area contributed by atoms with Gasteiger partial charge in [-0.25, -0.2) is 9.48 Å². The van der Waals surface area contributed by atoms with Crippen molar-refractivity contribution in [2.75, 3.05) is 12.4 Å². The summed E-state index contributed by atoms with van der Waals surface area (Å²) in [6.07, 6.45) is 0.695. The number of ether oxygens (including phenoxy) is 2. The Kier molecular flexibility index (Phi) is 6.42. The van der Waals surface area contributed by atoms with Gasteiger partial charge in [-0.05, 0) is 62.7 Å². The van der Waals surface area contributed by atoms with Crippen LogP contribution in [-0.4, -0.2) is 34.9 Å². The summed E-state index contributed by atoms with van der Waals surface area (Å²) in [7, 11) is 1.48. The zero-order chi connectivity index (χ0) is 21.8. The van der Waals surface area contributed by atoms with Gasteiger partial charge in [0.1, 0.15) is 5.75 Å². The molecule has 1 N–H and O–H groups in total. The maximum atomic E-state index is 12.5. The van der Waals surface area contributed by atoms with Gasteiger partial charge < -0.3 is 14.8 Å². The summed E-state index contributed by atoms with van der Waals surface area (Å²) in [4.78, 5) is 24.9. The highest BCUT2D eigenvalue weighted by atomic mass is 35.5. The van der Waals surface area contributed by atoms with Gasteiger partial charge in [-0.1, -0.05) is 11.6 Å². The molecule has 30 heavy (non-hydrogen) atoms. The van der Waals surface area contributed by atoms with Crippen molar-refractivity contribution in [3.63, 3.8) is 0 Å². The molecule has 3 rings (SSSR count). The molecule has 0 radical (unpaired) electrons. The minimum atomic E-state index is -1.01. The number of aryl methyl sites for hydroxylation is 2. The number of nitrogens with zero attached hydrogens (tertiary/aromatic N) is 2. The Hall–Kier alpha value is -3.32. The van der Waals surface area contributed by atoms with Crippen LogP contribution in [-0.2, 0) is 9.53 Å². The van der Waals surface area contributed by atoms with E-state index in [0.29, 0.717) is 22.0 Å². The average molecular weight is 428 g/mol. The van der Waals surface area contributed by atoms with Crippen molar-refractivity contribution in [3.8, 4) is 11.4 Å². The van der Waals surface area contributed by atoms with E-state index in [1.807, 2.05) is 19.9 Å². The summed E-state index contributed by atoms with van der Waals surface area (Å²) in [5.74, 6) is -0.658. The molecule has 156 valence electrons. The van der Waals surface area contributed by atoms with E-state index in [2.05, 4.69) is 10.4 Å². The van der Waals surface area contributed by atoms with Gasteiger partial charge in [-0.15, -0.1) is 0 Å². The van der Waals surface area contributed by atoms with E-state index in [1.54, 1.807) is 47.3 Å². The van der Waals surface area contributed by atoms with Crippen LogP contribution >= 0.6 is 11.6 Å².